The first-order valence-electron chi connectivity index (χ1n) is 8.28. The van der Waals surface area contributed by atoms with Gasteiger partial charge >= 0.3 is 5.97 Å². The van der Waals surface area contributed by atoms with Crippen molar-refractivity contribution in [3.63, 3.8) is 0 Å². The van der Waals surface area contributed by atoms with E-state index < -0.39 is 11.8 Å². The van der Waals surface area contributed by atoms with Crippen molar-refractivity contribution in [2.24, 2.45) is 0 Å². The molecule has 0 saturated heterocycles. The summed E-state index contributed by atoms with van der Waals surface area (Å²) < 4.78 is 4.37. The standard InChI is InChI=1S/C19H30O3/c1-3-4-5-6-7-8-9-10-11-12-13-14-15-16-17-18(20)19(21)22-2/h4-5,7-8,10-11H,3,6,9,12-17H2,1-2H3/b5-4-,8-7-,11-10-. The van der Waals surface area contributed by atoms with Crippen LogP contribution >= 0.6 is 0 Å². The molecule has 0 rings (SSSR count). The number of Topliss-reactive ketones (excluding diaryl/α,β-unsaturated/α-hetero) is 1. The minimum Gasteiger partial charge on any atom is -0.463 e. The van der Waals surface area contributed by atoms with Gasteiger partial charge in [-0.15, -0.1) is 0 Å². The van der Waals surface area contributed by atoms with Gasteiger partial charge in [-0.1, -0.05) is 56.2 Å². The molecule has 0 amide bonds. The van der Waals surface area contributed by atoms with Crippen LogP contribution in [-0.4, -0.2) is 18.9 Å². The molecule has 0 aliphatic rings. The van der Waals surface area contributed by atoms with Crippen molar-refractivity contribution in [3.05, 3.63) is 36.5 Å². The van der Waals surface area contributed by atoms with E-state index in [0.29, 0.717) is 6.42 Å². The van der Waals surface area contributed by atoms with E-state index in [1.54, 1.807) is 0 Å². The first-order chi connectivity index (χ1) is 10.7. The number of hydrogen-bond acceptors (Lipinski definition) is 3. The van der Waals surface area contributed by atoms with Gasteiger partial charge in [-0.3, -0.25) is 4.79 Å². The lowest BCUT2D eigenvalue weighted by Gasteiger charge is -1.99. The molecule has 0 aromatic rings. The zero-order chi connectivity index (χ0) is 16.5. The number of methoxy groups -OCH3 is 1. The van der Waals surface area contributed by atoms with Crippen molar-refractivity contribution in [3.8, 4) is 0 Å². The number of rotatable bonds is 13. The van der Waals surface area contributed by atoms with Crippen LogP contribution in [0, 0.1) is 0 Å². The Balaban J connectivity index is 3.39. The fourth-order valence-electron chi connectivity index (χ4n) is 1.94. The number of esters is 1. The van der Waals surface area contributed by atoms with Crippen LogP contribution < -0.4 is 0 Å². The van der Waals surface area contributed by atoms with Crippen LogP contribution in [0.3, 0.4) is 0 Å². The summed E-state index contributed by atoms with van der Waals surface area (Å²) in [4.78, 5) is 22.1. The maximum Gasteiger partial charge on any atom is 0.374 e. The number of ketones is 1. The Bertz CT molecular complexity index is 378. The van der Waals surface area contributed by atoms with Crippen molar-refractivity contribution in [1.29, 1.82) is 0 Å². The van der Waals surface area contributed by atoms with Gasteiger partial charge in [0, 0.05) is 6.42 Å². The minimum atomic E-state index is -0.721. The highest BCUT2D eigenvalue weighted by atomic mass is 16.5. The Morgan fingerprint density at radius 1 is 0.818 bits per heavy atom. The molecule has 0 bridgehead atoms. The van der Waals surface area contributed by atoms with Crippen molar-refractivity contribution >= 4 is 11.8 Å². The largest absolute Gasteiger partial charge is 0.463 e. The van der Waals surface area contributed by atoms with Crippen LogP contribution in [-0.2, 0) is 14.3 Å². The molecule has 124 valence electrons. The molecule has 0 aliphatic heterocycles. The molecule has 0 atom stereocenters. The first kappa shape index (κ1) is 20.4. The van der Waals surface area contributed by atoms with Gasteiger partial charge < -0.3 is 4.74 Å². The van der Waals surface area contributed by atoms with Gasteiger partial charge in [0.1, 0.15) is 0 Å². The lowest BCUT2D eigenvalue weighted by molar-refractivity contribution is -0.151. The molecule has 0 radical (unpaired) electrons. The molecule has 0 aliphatic carbocycles. The summed E-state index contributed by atoms with van der Waals surface area (Å²) in [5.74, 6) is -1.14. The van der Waals surface area contributed by atoms with Crippen molar-refractivity contribution in [2.75, 3.05) is 7.11 Å². The third-order valence-electron chi connectivity index (χ3n) is 3.22. The van der Waals surface area contributed by atoms with Gasteiger partial charge in [-0.05, 0) is 38.5 Å². The molecule has 0 heterocycles. The van der Waals surface area contributed by atoms with Crippen LogP contribution in [0.2, 0.25) is 0 Å². The van der Waals surface area contributed by atoms with E-state index in [2.05, 4.69) is 48.1 Å². The predicted octanol–water partition coefficient (Wildman–Crippen LogP) is 4.93. The lowest BCUT2D eigenvalue weighted by atomic mass is 10.1. The van der Waals surface area contributed by atoms with Gasteiger partial charge in [0.2, 0.25) is 5.78 Å². The fraction of sp³-hybridized carbons (Fsp3) is 0.579. The quantitative estimate of drug-likeness (QED) is 0.210. The van der Waals surface area contributed by atoms with E-state index in [0.717, 1.165) is 51.4 Å². The van der Waals surface area contributed by atoms with Gasteiger partial charge in [0.05, 0.1) is 7.11 Å². The molecule has 3 nitrogen and oxygen atoms in total. The topological polar surface area (TPSA) is 43.4 Å². The van der Waals surface area contributed by atoms with Crippen LogP contribution in [0.15, 0.2) is 36.5 Å². The van der Waals surface area contributed by atoms with Crippen LogP contribution in [0.1, 0.15) is 64.7 Å². The molecule has 0 unspecified atom stereocenters. The van der Waals surface area contributed by atoms with Gasteiger partial charge in [0.15, 0.2) is 0 Å². The number of carbonyl (C=O) groups is 2. The first-order valence-corrected chi connectivity index (χ1v) is 8.28. The molecule has 0 fully saturated rings. The predicted molar refractivity (Wildman–Crippen MR) is 91.7 cm³/mol. The highest BCUT2D eigenvalue weighted by Gasteiger charge is 2.12. The molecule has 0 saturated carbocycles. The van der Waals surface area contributed by atoms with Crippen LogP contribution in [0.25, 0.3) is 0 Å². The Morgan fingerprint density at radius 3 is 2.05 bits per heavy atom. The summed E-state index contributed by atoms with van der Waals surface area (Å²) in [5, 5.41) is 0. The number of allylic oxidation sites excluding steroid dienone is 6. The summed E-state index contributed by atoms with van der Waals surface area (Å²) in [6.07, 6.45) is 21.6. The lowest BCUT2D eigenvalue weighted by Crippen LogP contribution is -2.14. The third-order valence-corrected chi connectivity index (χ3v) is 3.22. The highest BCUT2D eigenvalue weighted by molar-refractivity contribution is 6.33. The smallest absolute Gasteiger partial charge is 0.374 e. The molecule has 0 spiro atoms. The summed E-state index contributed by atoms with van der Waals surface area (Å²) in [6, 6.07) is 0. The Hall–Kier alpha value is -1.64. The van der Waals surface area contributed by atoms with Gasteiger partial charge in [-0.25, -0.2) is 4.79 Å². The second-order valence-corrected chi connectivity index (χ2v) is 5.16. The average molecular weight is 306 g/mol. The van der Waals surface area contributed by atoms with E-state index in [4.69, 9.17) is 0 Å². The Labute approximate surface area is 135 Å². The molecule has 0 N–H and O–H groups in total. The third kappa shape index (κ3) is 13.3. The number of carbonyl (C=O) groups excluding carboxylic acids is 2. The normalized spacial score (nSPS) is 11.7. The second kappa shape index (κ2) is 15.7. The Kier molecular flexibility index (Phi) is 14.6. The van der Waals surface area contributed by atoms with E-state index in [1.807, 2.05) is 0 Å². The summed E-state index contributed by atoms with van der Waals surface area (Å²) >= 11 is 0. The zero-order valence-corrected chi connectivity index (χ0v) is 14.1. The minimum absolute atomic E-state index is 0.305. The SMILES string of the molecule is CC/C=C\C/C=C\C/C=C\CCCCCCC(=O)C(=O)OC. The average Bonchev–Trinajstić information content (AvgIpc) is 2.54. The van der Waals surface area contributed by atoms with Crippen molar-refractivity contribution in [1.82, 2.24) is 0 Å². The van der Waals surface area contributed by atoms with Gasteiger partial charge in [-0.2, -0.15) is 0 Å². The fourth-order valence-corrected chi connectivity index (χ4v) is 1.94. The maximum absolute atomic E-state index is 11.2. The van der Waals surface area contributed by atoms with Gasteiger partial charge in [0.25, 0.3) is 0 Å². The Morgan fingerprint density at radius 2 is 1.41 bits per heavy atom. The second-order valence-electron chi connectivity index (χ2n) is 5.16. The number of ether oxygens (including phenoxy) is 1. The summed E-state index contributed by atoms with van der Waals surface area (Å²) in [6.45, 7) is 2.14. The molecule has 0 aromatic heterocycles. The molecule has 3 heteroatoms. The molecule has 0 aromatic carbocycles. The zero-order valence-electron chi connectivity index (χ0n) is 14.1. The monoisotopic (exact) mass is 306 g/mol. The van der Waals surface area contributed by atoms with Crippen LogP contribution in [0.4, 0.5) is 0 Å². The highest BCUT2D eigenvalue weighted by Crippen LogP contribution is 2.07. The molecular formula is C19H30O3. The van der Waals surface area contributed by atoms with E-state index >= 15 is 0 Å². The number of unbranched alkanes of at least 4 members (excludes halogenated alkanes) is 4. The van der Waals surface area contributed by atoms with E-state index in [9.17, 15) is 9.59 Å². The molecule has 22 heavy (non-hydrogen) atoms. The van der Waals surface area contributed by atoms with Crippen molar-refractivity contribution in [2.45, 2.75) is 64.7 Å². The van der Waals surface area contributed by atoms with E-state index in [1.165, 1.54) is 7.11 Å². The summed E-state index contributed by atoms with van der Waals surface area (Å²) in [7, 11) is 1.24. The maximum atomic E-state index is 11.2. The van der Waals surface area contributed by atoms with E-state index in [-0.39, 0.29) is 0 Å². The summed E-state index contributed by atoms with van der Waals surface area (Å²) in [5.41, 5.74) is 0. The van der Waals surface area contributed by atoms with Crippen molar-refractivity contribution < 1.29 is 14.3 Å². The van der Waals surface area contributed by atoms with Crippen LogP contribution in [0.5, 0.6) is 0 Å². The molecular weight excluding hydrogens is 276 g/mol. The number of hydrogen-bond donors (Lipinski definition) is 0.